The number of fused-ring (bicyclic) bond motifs is 1. The number of halogens is 2. The fourth-order valence-electron chi connectivity index (χ4n) is 3.81. The number of hydrogen-bond acceptors (Lipinski definition) is 5. The van der Waals surface area contributed by atoms with Crippen LogP contribution in [0.3, 0.4) is 0 Å². The van der Waals surface area contributed by atoms with E-state index in [-0.39, 0.29) is 34.0 Å². The van der Waals surface area contributed by atoms with Crippen molar-refractivity contribution in [2.75, 3.05) is 22.9 Å². The Bertz CT molecular complexity index is 928. The van der Waals surface area contributed by atoms with Gasteiger partial charge in [0.25, 0.3) is 5.91 Å². The zero-order valence-electron chi connectivity index (χ0n) is 17.0. The van der Waals surface area contributed by atoms with Crippen LogP contribution < -0.4 is 20.4 Å². The average molecular weight is 438 g/mol. The quantitative estimate of drug-likeness (QED) is 0.782. The van der Waals surface area contributed by atoms with E-state index in [0.29, 0.717) is 19.5 Å². The number of rotatable bonds is 3. The van der Waals surface area contributed by atoms with Crippen molar-refractivity contribution in [3.05, 3.63) is 22.5 Å². The Balaban J connectivity index is 1.59. The van der Waals surface area contributed by atoms with Crippen LogP contribution in [0.4, 0.5) is 25.4 Å². The lowest BCUT2D eigenvalue weighted by Crippen LogP contribution is -2.45. The first-order valence-electron chi connectivity index (χ1n) is 9.91. The number of hydrogen-bond donors (Lipinski definition) is 1. The summed E-state index contributed by atoms with van der Waals surface area (Å²) < 4.78 is 20.3. The Morgan fingerprint density at radius 3 is 2.60 bits per heavy atom. The van der Waals surface area contributed by atoms with Gasteiger partial charge in [-0.3, -0.25) is 9.69 Å². The number of nitrogens with zero attached hydrogens (tertiary/aromatic N) is 3. The van der Waals surface area contributed by atoms with Crippen molar-refractivity contribution >= 4 is 41.0 Å². The van der Waals surface area contributed by atoms with Crippen molar-refractivity contribution in [1.82, 2.24) is 10.6 Å². The van der Waals surface area contributed by atoms with Gasteiger partial charge >= 0.3 is 12.1 Å². The second-order valence-corrected chi connectivity index (χ2v) is 9.17. The van der Waals surface area contributed by atoms with E-state index in [1.54, 1.807) is 25.7 Å². The number of nitrogens with one attached hydrogen (secondary N) is 1. The standard InChI is InChI=1S/C20H23ClFN4O4/c1-20(2,3)30-19(29)23-10-6-7-25(9-10)16-13(22)8-12-15(14(16)21)26(11-4-5-11)18(28)24-17(12)27/h8,10-11H,4-7,9H2,1-3H3,(H,23,29). The third-order valence-corrected chi connectivity index (χ3v) is 5.54. The summed E-state index contributed by atoms with van der Waals surface area (Å²) in [5, 5.41) is 6.30. The molecule has 2 aliphatic heterocycles. The molecular formula is C20H23ClFN4O4. The summed E-state index contributed by atoms with van der Waals surface area (Å²) in [6, 6.07) is 0.104. The van der Waals surface area contributed by atoms with Crippen LogP contribution in [0.25, 0.3) is 0 Å². The maximum atomic E-state index is 15.0. The number of amides is 4. The van der Waals surface area contributed by atoms with Crippen LogP contribution in [0.15, 0.2) is 6.07 Å². The minimum Gasteiger partial charge on any atom is -0.444 e. The van der Waals surface area contributed by atoms with Gasteiger partial charge in [0.15, 0.2) is 0 Å². The van der Waals surface area contributed by atoms with Crippen molar-refractivity contribution in [1.29, 1.82) is 0 Å². The topological polar surface area (TPSA) is 93.1 Å². The maximum Gasteiger partial charge on any atom is 0.407 e. The van der Waals surface area contributed by atoms with E-state index in [1.165, 1.54) is 4.90 Å². The summed E-state index contributed by atoms with van der Waals surface area (Å²) in [7, 11) is 0. The molecule has 1 aliphatic carbocycles. The highest BCUT2D eigenvalue weighted by Gasteiger charge is 2.44. The summed E-state index contributed by atoms with van der Waals surface area (Å²) in [4.78, 5) is 39.7. The number of ether oxygens (including phenoxy) is 1. The molecule has 1 saturated carbocycles. The molecule has 8 nitrogen and oxygen atoms in total. The molecule has 4 amide bonds. The van der Waals surface area contributed by atoms with Gasteiger partial charge in [0, 0.05) is 19.1 Å². The van der Waals surface area contributed by atoms with Crippen LogP contribution in [-0.2, 0) is 4.74 Å². The third-order valence-electron chi connectivity index (χ3n) is 5.18. The highest BCUT2D eigenvalue weighted by Crippen LogP contribution is 2.46. The first-order valence-corrected chi connectivity index (χ1v) is 10.3. The Hall–Kier alpha value is -2.55. The molecule has 0 spiro atoms. The highest BCUT2D eigenvalue weighted by atomic mass is 35.5. The molecule has 1 radical (unpaired) electrons. The lowest BCUT2D eigenvalue weighted by molar-refractivity contribution is 0.0508. The van der Waals surface area contributed by atoms with Crippen LogP contribution in [-0.4, -0.2) is 48.8 Å². The van der Waals surface area contributed by atoms with Crippen LogP contribution in [0.2, 0.25) is 5.02 Å². The van der Waals surface area contributed by atoms with Crippen molar-refractivity contribution in [2.45, 2.75) is 57.7 Å². The molecule has 1 atom stereocenters. The van der Waals surface area contributed by atoms with Crippen LogP contribution in [0, 0.1) is 5.82 Å². The molecule has 10 heteroatoms. The summed E-state index contributed by atoms with van der Waals surface area (Å²) >= 11 is 6.57. The summed E-state index contributed by atoms with van der Waals surface area (Å²) in [5.41, 5.74) is -0.274. The first-order chi connectivity index (χ1) is 14.0. The molecule has 0 aromatic heterocycles. The number of benzene rings is 1. The molecule has 1 aromatic carbocycles. The fourth-order valence-corrected chi connectivity index (χ4v) is 4.21. The molecular weight excluding hydrogens is 415 g/mol. The van der Waals surface area contributed by atoms with Crippen LogP contribution >= 0.6 is 11.6 Å². The zero-order chi connectivity index (χ0) is 21.8. The van der Waals surface area contributed by atoms with Gasteiger partial charge in [-0.15, -0.1) is 0 Å². The highest BCUT2D eigenvalue weighted by molar-refractivity contribution is 6.38. The summed E-state index contributed by atoms with van der Waals surface area (Å²) in [6.45, 7) is 6.10. The van der Waals surface area contributed by atoms with Crippen molar-refractivity contribution in [3.8, 4) is 0 Å². The van der Waals surface area contributed by atoms with E-state index in [4.69, 9.17) is 16.3 Å². The number of alkyl carbamates (subject to hydrolysis) is 1. The fraction of sp³-hybridized carbons (Fsp3) is 0.550. The minimum atomic E-state index is -0.787. The normalized spacial score (nSPS) is 21.4. The Morgan fingerprint density at radius 2 is 1.97 bits per heavy atom. The summed E-state index contributed by atoms with van der Waals surface area (Å²) in [6.07, 6.45) is 1.60. The van der Waals surface area contributed by atoms with Crippen LogP contribution in [0.1, 0.15) is 50.4 Å². The molecule has 2 heterocycles. The van der Waals surface area contributed by atoms with E-state index in [1.807, 2.05) is 0 Å². The number of imide groups is 1. The Morgan fingerprint density at radius 1 is 1.27 bits per heavy atom. The smallest absolute Gasteiger partial charge is 0.407 e. The van der Waals surface area contributed by atoms with E-state index >= 15 is 0 Å². The van der Waals surface area contributed by atoms with Crippen molar-refractivity contribution in [3.63, 3.8) is 0 Å². The second kappa shape index (κ2) is 7.30. The predicted molar refractivity (Wildman–Crippen MR) is 109 cm³/mol. The number of carbonyl (C=O) groups excluding carboxylic acids is 3. The molecule has 1 saturated heterocycles. The van der Waals surface area contributed by atoms with Gasteiger partial charge in [-0.05, 0) is 46.1 Å². The molecule has 3 aliphatic rings. The monoisotopic (exact) mass is 437 g/mol. The van der Waals surface area contributed by atoms with Gasteiger partial charge in [0.05, 0.1) is 28.0 Å². The molecule has 2 fully saturated rings. The maximum absolute atomic E-state index is 15.0. The largest absolute Gasteiger partial charge is 0.444 e. The average Bonchev–Trinajstić information content (AvgIpc) is 3.34. The van der Waals surface area contributed by atoms with Gasteiger partial charge in [-0.25, -0.2) is 14.0 Å². The van der Waals surface area contributed by atoms with Gasteiger partial charge < -0.3 is 15.0 Å². The molecule has 1 unspecified atom stereocenters. The Labute approximate surface area is 178 Å². The van der Waals surface area contributed by atoms with Gasteiger partial charge in [-0.2, -0.15) is 5.32 Å². The zero-order valence-corrected chi connectivity index (χ0v) is 17.8. The number of urea groups is 1. The number of anilines is 2. The molecule has 1 N–H and O–H groups in total. The third kappa shape index (κ3) is 3.90. The van der Waals surface area contributed by atoms with Crippen LogP contribution in [0.5, 0.6) is 0 Å². The van der Waals surface area contributed by atoms with Gasteiger partial charge in [0.2, 0.25) is 0 Å². The molecule has 30 heavy (non-hydrogen) atoms. The van der Waals surface area contributed by atoms with E-state index in [9.17, 15) is 18.8 Å². The van der Waals surface area contributed by atoms with Crippen molar-refractivity contribution < 1.29 is 23.5 Å². The molecule has 4 rings (SSSR count). The SMILES string of the molecule is CC(C)(C)OC(=O)NC1CCN(c2c(F)cc3c(c2Cl)N(C2CC2)C(=O)[N]C3=O)C1. The lowest BCUT2D eigenvalue weighted by atomic mass is 10.1. The lowest BCUT2D eigenvalue weighted by Gasteiger charge is -2.31. The Kier molecular flexibility index (Phi) is 5.04. The second-order valence-electron chi connectivity index (χ2n) is 8.80. The minimum absolute atomic E-state index is 0.00428. The number of carbonyl (C=O) groups is 3. The van der Waals surface area contributed by atoms with E-state index in [0.717, 1.165) is 18.9 Å². The van der Waals surface area contributed by atoms with Gasteiger partial charge in [-0.1, -0.05) is 11.6 Å². The van der Waals surface area contributed by atoms with Crippen molar-refractivity contribution in [2.24, 2.45) is 0 Å². The predicted octanol–water partition coefficient (Wildman–Crippen LogP) is 3.43. The molecule has 0 bridgehead atoms. The van der Waals surface area contributed by atoms with E-state index in [2.05, 4.69) is 10.6 Å². The first kappa shape index (κ1) is 20.7. The molecule has 1 aromatic rings. The molecule has 161 valence electrons. The van der Waals surface area contributed by atoms with Gasteiger partial charge in [0.1, 0.15) is 11.4 Å². The summed E-state index contributed by atoms with van der Waals surface area (Å²) in [5.74, 6) is -1.45. The van der Waals surface area contributed by atoms with E-state index < -0.39 is 29.4 Å².